The third kappa shape index (κ3) is 4.71. The number of piperidine rings is 2. The Bertz CT molecular complexity index is 729. The minimum absolute atomic E-state index is 0.464. The number of benzene rings is 1. The Morgan fingerprint density at radius 3 is 2.56 bits per heavy atom. The molecule has 3 heterocycles. The van der Waals surface area contributed by atoms with Crippen molar-refractivity contribution in [3.63, 3.8) is 0 Å². The molecule has 4 rings (SSSR count). The van der Waals surface area contributed by atoms with Crippen molar-refractivity contribution in [2.24, 2.45) is 0 Å². The van der Waals surface area contributed by atoms with Crippen LogP contribution in [0, 0.1) is 6.92 Å². The number of rotatable bonds is 5. The minimum Gasteiger partial charge on any atom is -0.467 e. The first-order valence-electron chi connectivity index (χ1n) is 10.1. The van der Waals surface area contributed by atoms with Gasteiger partial charge < -0.3 is 15.1 Å². The molecule has 0 amide bonds. The number of aryl methyl sites for hydroxylation is 1. The largest absolute Gasteiger partial charge is 0.467 e. The summed E-state index contributed by atoms with van der Waals surface area (Å²) in [4.78, 5) is 2.74. The number of furan rings is 1. The van der Waals surface area contributed by atoms with E-state index in [1.165, 1.54) is 43.2 Å². The van der Waals surface area contributed by atoms with Crippen molar-refractivity contribution in [3.05, 3.63) is 59.5 Å². The van der Waals surface area contributed by atoms with E-state index in [-0.39, 0.29) is 0 Å². The molecule has 5 heteroatoms. The number of fused-ring (bicyclic) bond motifs is 2. The van der Waals surface area contributed by atoms with Gasteiger partial charge in [0, 0.05) is 24.7 Å². The molecule has 4 nitrogen and oxygen atoms in total. The van der Waals surface area contributed by atoms with Crippen molar-refractivity contribution in [2.45, 2.75) is 70.2 Å². The summed E-state index contributed by atoms with van der Waals surface area (Å²) in [5.74, 6) is 0.906. The van der Waals surface area contributed by atoms with E-state index in [2.05, 4.69) is 46.7 Å². The number of nitrogens with zero attached hydrogens (tertiary/aromatic N) is 1. The van der Waals surface area contributed by atoms with Crippen LogP contribution in [0.1, 0.15) is 49.0 Å². The van der Waals surface area contributed by atoms with Crippen molar-refractivity contribution >= 4 is 17.3 Å². The Morgan fingerprint density at radius 2 is 1.89 bits per heavy atom. The maximum atomic E-state index is 5.51. The van der Waals surface area contributed by atoms with Crippen LogP contribution >= 0.6 is 12.2 Å². The Labute approximate surface area is 167 Å². The summed E-state index contributed by atoms with van der Waals surface area (Å²) in [5, 5.41) is 7.56. The third-order valence-electron chi connectivity index (χ3n) is 5.95. The van der Waals surface area contributed by atoms with Crippen LogP contribution in [0.5, 0.6) is 0 Å². The second-order valence-electron chi connectivity index (χ2n) is 7.97. The molecule has 2 aliphatic rings. The number of thiocarbonyl (C=S) groups is 1. The average Bonchev–Trinajstić information content (AvgIpc) is 3.16. The van der Waals surface area contributed by atoms with Crippen molar-refractivity contribution in [3.8, 4) is 0 Å². The Morgan fingerprint density at radius 1 is 1.15 bits per heavy atom. The second kappa shape index (κ2) is 8.44. The number of nitrogens with one attached hydrogen (secondary N) is 2. The van der Waals surface area contributed by atoms with E-state index in [4.69, 9.17) is 16.6 Å². The fraction of sp³-hybridized carbons (Fsp3) is 0.500. The molecule has 2 atom stereocenters. The quantitative estimate of drug-likeness (QED) is 0.760. The number of hydrogen-bond acceptors (Lipinski definition) is 3. The SMILES string of the molecule is Cc1ccc(CN2C3CCCC2CC(NC(=S)NCc2ccco2)C3)cc1. The Kier molecular flexibility index (Phi) is 5.79. The smallest absolute Gasteiger partial charge is 0.166 e. The summed E-state index contributed by atoms with van der Waals surface area (Å²) in [5.41, 5.74) is 2.76. The van der Waals surface area contributed by atoms with E-state index in [1.54, 1.807) is 6.26 Å². The average molecular weight is 384 g/mol. The molecule has 0 spiro atoms. The first-order chi connectivity index (χ1) is 13.2. The van der Waals surface area contributed by atoms with E-state index in [9.17, 15) is 0 Å². The lowest BCUT2D eigenvalue weighted by atomic mass is 9.81. The summed E-state index contributed by atoms with van der Waals surface area (Å²) < 4.78 is 5.36. The minimum atomic E-state index is 0.464. The van der Waals surface area contributed by atoms with Crippen molar-refractivity contribution in [1.29, 1.82) is 0 Å². The molecule has 2 aliphatic heterocycles. The van der Waals surface area contributed by atoms with Gasteiger partial charge in [0.25, 0.3) is 0 Å². The van der Waals surface area contributed by atoms with Crippen LogP contribution in [0.4, 0.5) is 0 Å². The highest BCUT2D eigenvalue weighted by Gasteiger charge is 2.38. The molecule has 2 N–H and O–H groups in total. The zero-order valence-corrected chi connectivity index (χ0v) is 16.8. The molecule has 1 aromatic heterocycles. The molecular weight excluding hydrogens is 354 g/mol. The molecule has 2 aromatic rings. The number of hydrogen-bond donors (Lipinski definition) is 2. The standard InChI is InChI=1S/C22H29N3OS/c1-16-7-9-17(10-8-16)15-25-19-4-2-5-20(25)13-18(12-19)24-22(27)23-14-21-6-3-11-26-21/h3,6-11,18-20H,2,4-5,12-15H2,1H3,(H2,23,24,27). The van der Waals surface area contributed by atoms with E-state index in [0.717, 1.165) is 17.4 Å². The summed E-state index contributed by atoms with van der Waals surface area (Å²) in [6.45, 7) is 3.86. The van der Waals surface area contributed by atoms with Crippen molar-refractivity contribution in [2.75, 3.05) is 0 Å². The second-order valence-corrected chi connectivity index (χ2v) is 8.38. The van der Waals surface area contributed by atoms with Gasteiger partial charge in [-0.25, -0.2) is 0 Å². The van der Waals surface area contributed by atoms with E-state index in [1.807, 2.05) is 12.1 Å². The molecule has 144 valence electrons. The molecule has 27 heavy (non-hydrogen) atoms. The molecule has 1 aromatic carbocycles. The van der Waals surface area contributed by atoms with Gasteiger partial charge in [-0.2, -0.15) is 0 Å². The Balaban J connectivity index is 1.32. The molecule has 2 unspecified atom stereocenters. The molecule has 0 aliphatic carbocycles. The Hall–Kier alpha value is -1.85. The maximum Gasteiger partial charge on any atom is 0.166 e. The fourth-order valence-electron chi connectivity index (χ4n) is 4.58. The summed E-state index contributed by atoms with van der Waals surface area (Å²) in [7, 11) is 0. The van der Waals surface area contributed by atoms with Gasteiger partial charge in [-0.1, -0.05) is 36.2 Å². The third-order valence-corrected chi connectivity index (χ3v) is 6.21. The highest BCUT2D eigenvalue weighted by molar-refractivity contribution is 7.80. The van der Waals surface area contributed by atoms with Gasteiger partial charge in [0.05, 0.1) is 12.8 Å². The highest BCUT2D eigenvalue weighted by atomic mass is 32.1. The normalized spacial score (nSPS) is 25.1. The van der Waals surface area contributed by atoms with Crippen LogP contribution in [0.15, 0.2) is 47.1 Å². The predicted octanol–water partition coefficient (Wildman–Crippen LogP) is 4.14. The lowest BCUT2D eigenvalue weighted by Gasteiger charge is -2.49. The van der Waals surface area contributed by atoms with Crippen LogP contribution in [-0.2, 0) is 13.1 Å². The van der Waals surface area contributed by atoms with Crippen LogP contribution in [0.2, 0.25) is 0 Å². The van der Waals surface area contributed by atoms with Crippen molar-refractivity contribution < 1.29 is 4.42 Å². The lowest BCUT2D eigenvalue weighted by Crippen LogP contribution is -2.57. The summed E-state index contributed by atoms with van der Waals surface area (Å²) in [6, 6.07) is 14.7. The maximum absolute atomic E-state index is 5.51. The van der Waals surface area contributed by atoms with Gasteiger partial charge in [-0.05, 0) is 62.5 Å². The first-order valence-corrected chi connectivity index (χ1v) is 10.5. The fourth-order valence-corrected chi connectivity index (χ4v) is 4.81. The van der Waals surface area contributed by atoms with Gasteiger partial charge in [-0.3, -0.25) is 4.90 Å². The molecule has 0 radical (unpaired) electrons. The van der Waals surface area contributed by atoms with Crippen LogP contribution in [0.25, 0.3) is 0 Å². The highest BCUT2D eigenvalue weighted by Crippen LogP contribution is 2.35. The lowest BCUT2D eigenvalue weighted by molar-refractivity contribution is 0.0210. The molecule has 2 saturated heterocycles. The van der Waals surface area contributed by atoms with E-state index in [0.29, 0.717) is 24.7 Å². The monoisotopic (exact) mass is 383 g/mol. The van der Waals surface area contributed by atoms with Crippen LogP contribution < -0.4 is 10.6 Å². The van der Waals surface area contributed by atoms with Gasteiger partial charge in [0.15, 0.2) is 5.11 Å². The van der Waals surface area contributed by atoms with Gasteiger partial charge in [0.2, 0.25) is 0 Å². The van der Waals surface area contributed by atoms with E-state index < -0.39 is 0 Å². The van der Waals surface area contributed by atoms with Crippen LogP contribution in [0.3, 0.4) is 0 Å². The van der Waals surface area contributed by atoms with Crippen molar-refractivity contribution in [1.82, 2.24) is 15.5 Å². The first kappa shape index (κ1) is 18.5. The molecule has 0 saturated carbocycles. The summed E-state index contributed by atoms with van der Waals surface area (Å²) in [6.07, 6.45) is 7.99. The van der Waals surface area contributed by atoms with Crippen LogP contribution in [-0.4, -0.2) is 28.1 Å². The molecule has 2 bridgehead atoms. The molecular formula is C22H29N3OS. The van der Waals surface area contributed by atoms with Gasteiger partial charge in [-0.15, -0.1) is 0 Å². The van der Waals surface area contributed by atoms with E-state index >= 15 is 0 Å². The topological polar surface area (TPSA) is 40.4 Å². The predicted molar refractivity (Wildman–Crippen MR) is 112 cm³/mol. The molecule has 2 fully saturated rings. The van der Waals surface area contributed by atoms with Gasteiger partial charge >= 0.3 is 0 Å². The van der Waals surface area contributed by atoms with Gasteiger partial charge in [0.1, 0.15) is 5.76 Å². The summed E-state index contributed by atoms with van der Waals surface area (Å²) >= 11 is 5.51. The zero-order valence-electron chi connectivity index (χ0n) is 16.0. The zero-order chi connectivity index (χ0) is 18.6.